The second-order valence-corrected chi connectivity index (χ2v) is 7.07. The summed E-state index contributed by atoms with van der Waals surface area (Å²) in [5.41, 5.74) is 0.502. The molecule has 146 valence electrons. The molecular formula is C19H24N2O5S. The van der Waals surface area contributed by atoms with Crippen molar-refractivity contribution in [2.45, 2.75) is 20.3 Å². The van der Waals surface area contributed by atoms with Crippen LogP contribution in [0.1, 0.15) is 41.1 Å². The molecular weight excluding hydrogens is 368 g/mol. The molecule has 27 heavy (non-hydrogen) atoms. The number of carbonyl (C=O) groups excluding carboxylic acids is 2. The molecule has 7 nitrogen and oxygen atoms in total. The summed E-state index contributed by atoms with van der Waals surface area (Å²) in [7, 11) is 2.98. The molecule has 0 aliphatic rings. The molecule has 0 bridgehead atoms. The van der Waals surface area contributed by atoms with E-state index in [0.29, 0.717) is 28.1 Å². The molecule has 0 aliphatic heterocycles. The topological polar surface area (TPSA) is 86.8 Å². The van der Waals surface area contributed by atoms with Gasteiger partial charge in [0.25, 0.3) is 0 Å². The van der Waals surface area contributed by atoms with Crippen LogP contribution in [0.3, 0.4) is 0 Å². The second-order valence-electron chi connectivity index (χ2n) is 6.21. The Morgan fingerprint density at radius 2 is 2.00 bits per heavy atom. The van der Waals surface area contributed by atoms with Gasteiger partial charge < -0.3 is 19.5 Å². The molecule has 0 atom stereocenters. The molecule has 1 N–H and O–H groups in total. The number of hydrogen-bond acceptors (Lipinski definition) is 8. The molecule has 2 rings (SSSR count). The van der Waals surface area contributed by atoms with Crippen molar-refractivity contribution in [1.82, 2.24) is 4.98 Å². The van der Waals surface area contributed by atoms with E-state index in [9.17, 15) is 9.59 Å². The van der Waals surface area contributed by atoms with Crippen LogP contribution in [0.25, 0.3) is 0 Å². The Kier molecular flexibility index (Phi) is 7.60. The summed E-state index contributed by atoms with van der Waals surface area (Å²) >= 11 is 1.33. The monoisotopic (exact) mass is 392 g/mol. The number of benzene rings is 1. The van der Waals surface area contributed by atoms with Crippen molar-refractivity contribution in [3.63, 3.8) is 0 Å². The summed E-state index contributed by atoms with van der Waals surface area (Å²) in [6.07, 6.45) is 1.01. The van der Waals surface area contributed by atoms with Crippen molar-refractivity contribution in [1.29, 1.82) is 0 Å². The fraction of sp³-hybridized carbons (Fsp3) is 0.421. The quantitative estimate of drug-likeness (QED) is 0.488. The zero-order valence-corrected chi connectivity index (χ0v) is 16.7. The summed E-state index contributed by atoms with van der Waals surface area (Å²) in [5.74, 6) is 0.515. The minimum atomic E-state index is -0.635. The SMILES string of the molecule is COc1ccc(C(=O)COC(=O)c2csc(NCCC(C)C)n2)c(OC)c1. The molecule has 0 unspecified atom stereocenters. The van der Waals surface area contributed by atoms with E-state index in [-0.39, 0.29) is 11.5 Å². The molecule has 1 heterocycles. The van der Waals surface area contributed by atoms with Gasteiger partial charge in [0.05, 0.1) is 19.8 Å². The Morgan fingerprint density at radius 1 is 1.22 bits per heavy atom. The van der Waals surface area contributed by atoms with Crippen LogP contribution in [0.5, 0.6) is 11.5 Å². The van der Waals surface area contributed by atoms with E-state index in [1.54, 1.807) is 23.6 Å². The Bertz CT molecular complexity index is 788. The molecule has 2 aromatic rings. The van der Waals surface area contributed by atoms with E-state index in [1.165, 1.54) is 25.6 Å². The van der Waals surface area contributed by atoms with E-state index in [4.69, 9.17) is 14.2 Å². The first-order chi connectivity index (χ1) is 12.9. The minimum absolute atomic E-state index is 0.182. The number of esters is 1. The minimum Gasteiger partial charge on any atom is -0.497 e. The molecule has 0 saturated carbocycles. The Balaban J connectivity index is 1.92. The fourth-order valence-corrected chi connectivity index (χ4v) is 2.94. The number of carbonyl (C=O) groups is 2. The van der Waals surface area contributed by atoms with Gasteiger partial charge in [0.1, 0.15) is 11.5 Å². The molecule has 0 radical (unpaired) electrons. The highest BCUT2D eigenvalue weighted by Gasteiger charge is 2.18. The van der Waals surface area contributed by atoms with Gasteiger partial charge in [-0.05, 0) is 24.5 Å². The Hall–Kier alpha value is -2.61. The Labute approximate surface area is 162 Å². The smallest absolute Gasteiger partial charge is 0.358 e. The number of hydrogen-bond donors (Lipinski definition) is 1. The number of rotatable bonds is 10. The van der Waals surface area contributed by atoms with Gasteiger partial charge in [0.2, 0.25) is 5.78 Å². The molecule has 1 aromatic heterocycles. The number of Topliss-reactive ketones (excluding diaryl/α,β-unsaturated/α-hetero) is 1. The summed E-state index contributed by atoms with van der Waals surface area (Å²) in [6.45, 7) is 4.67. The van der Waals surface area contributed by atoms with Gasteiger partial charge >= 0.3 is 5.97 Å². The van der Waals surface area contributed by atoms with Gasteiger partial charge in [0.15, 0.2) is 17.4 Å². The molecule has 8 heteroatoms. The maximum atomic E-state index is 12.3. The number of nitrogens with zero attached hydrogens (tertiary/aromatic N) is 1. The zero-order valence-electron chi connectivity index (χ0n) is 15.9. The fourth-order valence-electron chi connectivity index (χ4n) is 2.23. The summed E-state index contributed by atoms with van der Waals surface area (Å²) < 4.78 is 15.4. The maximum absolute atomic E-state index is 12.3. The van der Waals surface area contributed by atoms with Crippen molar-refractivity contribution < 1.29 is 23.8 Å². The third-order valence-electron chi connectivity index (χ3n) is 3.75. The molecule has 0 aliphatic carbocycles. The highest BCUT2D eigenvalue weighted by molar-refractivity contribution is 7.13. The van der Waals surface area contributed by atoms with Crippen LogP contribution in [0.15, 0.2) is 23.6 Å². The van der Waals surface area contributed by atoms with Gasteiger partial charge in [-0.1, -0.05) is 13.8 Å². The van der Waals surface area contributed by atoms with Crippen molar-refractivity contribution in [3.8, 4) is 11.5 Å². The lowest BCUT2D eigenvalue weighted by molar-refractivity contribution is 0.0469. The highest BCUT2D eigenvalue weighted by atomic mass is 32.1. The summed E-state index contributed by atoms with van der Waals surface area (Å²) in [5, 5.41) is 5.44. The lowest BCUT2D eigenvalue weighted by Crippen LogP contribution is -2.15. The summed E-state index contributed by atoms with van der Waals surface area (Å²) in [6, 6.07) is 4.82. The predicted octanol–water partition coefficient (Wildman–Crippen LogP) is 3.66. The normalized spacial score (nSPS) is 10.6. The number of aromatic nitrogens is 1. The largest absolute Gasteiger partial charge is 0.497 e. The average molecular weight is 392 g/mol. The maximum Gasteiger partial charge on any atom is 0.358 e. The number of anilines is 1. The first-order valence-corrected chi connectivity index (χ1v) is 9.44. The summed E-state index contributed by atoms with van der Waals surface area (Å²) in [4.78, 5) is 28.7. The molecule has 0 saturated heterocycles. The first-order valence-electron chi connectivity index (χ1n) is 8.56. The van der Waals surface area contributed by atoms with Crippen LogP contribution in [-0.2, 0) is 4.74 Å². The third kappa shape index (κ3) is 5.96. The number of ketones is 1. The van der Waals surface area contributed by atoms with Gasteiger partial charge in [-0.25, -0.2) is 9.78 Å². The first kappa shape index (κ1) is 20.7. The van der Waals surface area contributed by atoms with E-state index in [1.807, 2.05) is 0 Å². The van der Waals surface area contributed by atoms with Crippen LogP contribution < -0.4 is 14.8 Å². The molecule has 1 aromatic carbocycles. The predicted molar refractivity (Wildman–Crippen MR) is 104 cm³/mol. The second kappa shape index (κ2) is 9.91. The number of methoxy groups -OCH3 is 2. The lowest BCUT2D eigenvalue weighted by Gasteiger charge is -2.09. The third-order valence-corrected chi connectivity index (χ3v) is 4.55. The van der Waals surface area contributed by atoms with E-state index in [2.05, 4.69) is 24.1 Å². The highest BCUT2D eigenvalue weighted by Crippen LogP contribution is 2.25. The van der Waals surface area contributed by atoms with Crippen LogP contribution in [0.4, 0.5) is 5.13 Å². The Morgan fingerprint density at radius 3 is 2.67 bits per heavy atom. The van der Waals surface area contributed by atoms with E-state index in [0.717, 1.165) is 13.0 Å². The van der Waals surface area contributed by atoms with Crippen LogP contribution in [0, 0.1) is 5.92 Å². The van der Waals surface area contributed by atoms with Crippen molar-refractivity contribution >= 4 is 28.2 Å². The van der Waals surface area contributed by atoms with Crippen LogP contribution in [0.2, 0.25) is 0 Å². The molecule has 0 amide bonds. The molecule has 0 spiro atoms. The van der Waals surface area contributed by atoms with E-state index < -0.39 is 12.6 Å². The van der Waals surface area contributed by atoms with Gasteiger partial charge in [-0.2, -0.15) is 0 Å². The zero-order chi connectivity index (χ0) is 19.8. The van der Waals surface area contributed by atoms with Crippen molar-refractivity contribution in [2.24, 2.45) is 5.92 Å². The number of thiazole rings is 1. The van der Waals surface area contributed by atoms with E-state index >= 15 is 0 Å². The van der Waals surface area contributed by atoms with Gasteiger partial charge in [-0.3, -0.25) is 4.79 Å². The van der Waals surface area contributed by atoms with Crippen molar-refractivity contribution in [2.75, 3.05) is 32.7 Å². The van der Waals surface area contributed by atoms with Gasteiger partial charge in [-0.15, -0.1) is 11.3 Å². The van der Waals surface area contributed by atoms with Gasteiger partial charge in [0, 0.05) is 18.0 Å². The standard InChI is InChI=1S/C19H24N2O5S/c1-12(2)7-8-20-19-21-15(11-27-19)18(23)26-10-16(22)14-6-5-13(24-3)9-17(14)25-4/h5-6,9,11-12H,7-8,10H2,1-4H3,(H,20,21). The number of nitrogens with one attached hydrogen (secondary N) is 1. The van der Waals surface area contributed by atoms with Crippen molar-refractivity contribution in [3.05, 3.63) is 34.8 Å². The van der Waals surface area contributed by atoms with Crippen LogP contribution in [-0.4, -0.2) is 44.1 Å². The average Bonchev–Trinajstić information content (AvgIpc) is 3.13. The molecule has 0 fully saturated rings. The van der Waals surface area contributed by atoms with Crippen LogP contribution >= 0.6 is 11.3 Å². The number of ether oxygens (including phenoxy) is 3. The lowest BCUT2D eigenvalue weighted by atomic mass is 10.1.